The molecule has 0 aliphatic carbocycles. The van der Waals surface area contributed by atoms with E-state index in [-0.39, 0.29) is 5.04 Å². The standard InChI is InChI=1S/C30H34BNPSi/c1-24-28-22-14-15-23-29(28)33(31,25-16-8-5-9-17-25)32(24)34(30(2,3)4,26-18-10-6-11-19-26)27-20-12-7-13-21-27/h5-24H,31H2,1-4H3/q+1. The van der Waals surface area contributed by atoms with Crippen LogP contribution in [-0.4, -0.2) is 20.1 Å². The fourth-order valence-electron chi connectivity index (χ4n) is 6.40. The Bertz CT molecular complexity index is 1230. The van der Waals surface area contributed by atoms with E-state index in [1.54, 1.807) is 5.30 Å². The third kappa shape index (κ3) is 3.29. The number of fused-ring (bicyclic) bond motifs is 1. The lowest BCUT2D eigenvalue weighted by atomic mass is 10.1. The molecule has 1 nitrogen and oxygen atoms in total. The molecule has 0 radical (unpaired) electrons. The minimum absolute atomic E-state index is 0.0576. The van der Waals surface area contributed by atoms with Gasteiger partial charge in [0, 0.05) is 5.56 Å². The second kappa shape index (κ2) is 8.65. The minimum Gasteiger partial charge on any atom is -0.194 e. The molecule has 4 aromatic rings. The van der Waals surface area contributed by atoms with Gasteiger partial charge in [0.1, 0.15) is 5.30 Å². The maximum atomic E-state index is 3.06. The molecule has 2 atom stereocenters. The summed E-state index contributed by atoms with van der Waals surface area (Å²) in [4.78, 5) is 0. The molecule has 0 amide bonds. The lowest BCUT2D eigenvalue weighted by Gasteiger charge is -2.52. The van der Waals surface area contributed by atoms with Crippen LogP contribution in [0.1, 0.15) is 39.3 Å². The number of rotatable bonds is 4. The van der Waals surface area contributed by atoms with Gasteiger partial charge in [-0.2, -0.15) is 4.34 Å². The molecule has 1 aliphatic rings. The average molecular weight is 478 g/mol. The van der Waals surface area contributed by atoms with Crippen molar-refractivity contribution in [2.24, 2.45) is 0 Å². The van der Waals surface area contributed by atoms with E-state index in [4.69, 9.17) is 0 Å². The summed E-state index contributed by atoms with van der Waals surface area (Å²) < 4.78 is 3.06. The summed E-state index contributed by atoms with van der Waals surface area (Å²) in [6, 6.07) is 43.7. The summed E-state index contributed by atoms with van der Waals surface area (Å²) in [6.45, 7) is 9.88. The third-order valence-corrected chi connectivity index (χ3v) is 19.3. The maximum absolute atomic E-state index is 3.06. The molecule has 34 heavy (non-hydrogen) atoms. The Morgan fingerprint density at radius 1 is 0.676 bits per heavy atom. The van der Waals surface area contributed by atoms with Crippen LogP contribution in [-0.2, 0) is 0 Å². The molecule has 0 aromatic heterocycles. The van der Waals surface area contributed by atoms with E-state index in [1.807, 2.05) is 0 Å². The van der Waals surface area contributed by atoms with Crippen molar-refractivity contribution < 1.29 is 0 Å². The van der Waals surface area contributed by atoms with Crippen molar-refractivity contribution in [1.82, 2.24) is 4.34 Å². The molecular weight excluding hydrogens is 444 g/mol. The zero-order valence-corrected chi connectivity index (χ0v) is 22.8. The van der Waals surface area contributed by atoms with Gasteiger partial charge < -0.3 is 0 Å². The van der Waals surface area contributed by atoms with Crippen molar-refractivity contribution in [2.75, 3.05) is 0 Å². The van der Waals surface area contributed by atoms with E-state index in [0.29, 0.717) is 6.04 Å². The quantitative estimate of drug-likeness (QED) is 0.293. The van der Waals surface area contributed by atoms with Gasteiger partial charge in [0.05, 0.1) is 18.6 Å². The van der Waals surface area contributed by atoms with E-state index in [1.165, 1.54) is 21.2 Å². The lowest BCUT2D eigenvalue weighted by molar-refractivity contribution is 0.513. The number of benzene rings is 4. The second-order valence-electron chi connectivity index (χ2n) is 10.6. The van der Waals surface area contributed by atoms with Crippen LogP contribution in [0.25, 0.3) is 0 Å². The summed E-state index contributed by atoms with van der Waals surface area (Å²) in [5.74, 6) is 0. The molecule has 0 saturated carbocycles. The van der Waals surface area contributed by atoms with Gasteiger partial charge in [-0.25, -0.2) is 0 Å². The summed E-state index contributed by atoms with van der Waals surface area (Å²) >= 11 is 0. The Labute approximate surface area is 207 Å². The van der Waals surface area contributed by atoms with Gasteiger partial charge in [-0.05, 0) is 40.5 Å². The topological polar surface area (TPSA) is 3.24 Å². The van der Waals surface area contributed by atoms with E-state index in [0.717, 1.165) is 0 Å². The molecule has 4 aromatic carbocycles. The number of nitrogens with zero attached hydrogens (tertiary/aromatic N) is 1. The fraction of sp³-hybridized carbons (Fsp3) is 0.200. The predicted octanol–water partition coefficient (Wildman–Crippen LogP) is 5.05. The van der Waals surface area contributed by atoms with Gasteiger partial charge in [0.2, 0.25) is 8.24 Å². The molecule has 5 rings (SSSR count). The third-order valence-electron chi connectivity index (χ3n) is 7.72. The van der Waals surface area contributed by atoms with Gasteiger partial charge >= 0.3 is 7.57 Å². The molecule has 0 fully saturated rings. The average Bonchev–Trinajstić information content (AvgIpc) is 3.09. The van der Waals surface area contributed by atoms with Gasteiger partial charge in [-0.15, -0.1) is 0 Å². The Kier molecular flexibility index (Phi) is 5.93. The fourth-order valence-corrected chi connectivity index (χ4v) is 19.9. The first-order chi connectivity index (χ1) is 16.3. The van der Waals surface area contributed by atoms with E-state index >= 15 is 0 Å². The van der Waals surface area contributed by atoms with Gasteiger partial charge in [-0.1, -0.05) is 118 Å². The molecule has 0 bridgehead atoms. The van der Waals surface area contributed by atoms with Crippen LogP contribution >= 0.6 is 7.29 Å². The van der Waals surface area contributed by atoms with Crippen LogP contribution in [0.5, 0.6) is 0 Å². The van der Waals surface area contributed by atoms with Crippen LogP contribution < -0.4 is 21.0 Å². The number of hydrogen-bond donors (Lipinski definition) is 0. The molecule has 1 heterocycles. The Balaban J connectivity index is 1.93. The maximum Gasteiger partial charge on any atom is 0.337 e. The Morgan fingerprint density at radius 3 is 1.62 bits per heavy atom. The van der Waals surface area contributed by atoms with Gasteiger partial charge in [0.25, 0.3) is 0 Å². The Morgan fingerprint density at radius 2 is 1.12 bits per heavy atom. The molecule has 0 N–H and O–H groups in total. The largest absolute Gasteiger partial charge is 0.337 e. The zero-order chi connectivity index (χ0) is 24.0. The first-order valence-electron chi connectivity index (χ1n) is 12.3. The number of hydrogen-bond acceptors (Lipinski definition) is 1. The van der Waals surface area contributed by atoms with Crippen molar-refractivity contribution in [3.05, 3.63) is 121 Å². The molecule has 0 saturated heterocycles. The highest BCUT2D eigenvalue weighted by Crippen LogP contribution is 2.68. The SMILES string of the molecule is B[P+]1(c2ccccc2)c2ccccc2C(C)N1[Si](c1ccccc1)(c1ccccc1)C(C)(C)C. The summed E-state index contributed by atoms with van der Waals surface area (Å²) in [5, 5.41) is 6.06. The molecule has 1 aliphatic heterocycles. The first-order valence-corrected chi connectivity index (χ1v) is 16.4. The second-order valence-corrected chi connectivity index (χ2v) is 18.8. The summed E-state index contributed by atoms with van der Waals surface area (Å²) in [5.41, 5.74) is 1.50. The smallest absolute Gasteiger partial charge is 0.194 e. The Hall–Kier alpha value is -2.45. The van der Waals surface area contributed by atoms with E-state index in [9.17, 15) is 0 Å². The highest BCUT2D eigenvalue weighted by atomic mass is 31.2. The van der Waals surface area contributed by atoms with Crippen molar-refractivity contribution in [3.8, 4) is 0 Å². The highest BCUT2D eigenvalue weighted by molar-refractivity contribution is 8.08. The van der Waals surface area contributed by atoms with Crippen molar-refractivity contribution in [3.63, 3.8) is 0 Å². The van der Waals surface area contributed by atoms with Crippen molar-refractivity contribution in [2.45, 2.75) is 38.8 Å². The van der Waals surface area contributed by atoms with Crippen molar-refractivity contribution >= 4 is 44.1 Å². The highest BCUT2D eigenvalue weighted by Gasteiger charge is 2.67. The monoisotopic (exact) mass is 478 g/mol. The minimum atomic E-state index is -2.51. The molecule has 4 heteroatoms. The van der Waals surface area contributed by atoms with E-state index in [2.05, 4.69) is 155 Å². The van der Waals surface area contributed by atoms with Crippen LogP contribution in [0.3, 0.4) is 0 Å². The molecular formula is C30H34BNPSi+. The zero-order valence-electron chi connectivity index (χ0n) is 20.9. The first kappa shape index (κ1) is 23.3. The van der Waals surface area contributed by atoms with Crippen LogP contribution in [0.2, 0.25) is 5.04 Å². The molecule has 2 unspecified atom stereocenters. The van der Waals surface area contributed by atoms with Crippen LogP contribution in [0.15, 0.2) is 115 Å². The van der Waals surface area contributed by atoms with Gasteiger partial charge in [-0.3, -0.25) is 0 Å². The molecule has 170 valence electrons. The van der Waals surface area contributed by atoms with Crippen LogP contribution in [0, 0.1) is 0 Å². The predicted molar refractivity (Wildman–Crippen MR) is 155 cm³/mol. The normalized spacial score (nSPS) is 20.8. The van der Waals surface area contributed by atoms with Crippen molar-refractivity contribution in [1.29, 1.82) is 0 Å². The van der Waals surface area contributed by atoms with Gasteiger partial charge in [0.15, 0.2) is 0 Å². The summed E-state index contributed by atoms with van der Waals surface area (Å²) in [7, 11) is -1.82. The molecule has 0 spiro atoms. The van der Waals surface area contributed by atoms with Crippen LogP contribution in [0.4, 0.5) is 0 Å². The summed E-state index contributed by atoms with van der Waals surface area (Å²) in [6.07, 6.45) is 0. The van der Waals surface area contributed by atoms with E-state index < -0.39 is 15.5 Å². The lowest BCUT2D eigenvalue weighted by Crippen LogP contribution is -2.74.